The average molecular weight is 404 g/mol. The number of hydrogen-bond acceptors (Lipinski definition) is 4. The Morgan fingerprint density at radius 2 is 1.64 bits per heavy atom. The van der Waals surface area contributed by atoms with Crippen LogP contribution in [-0.4, -0.2) is 20.9 Å². The van der Waals surface area contributed by atoms with Crippen LogP contribution in [-0.2, 0) is 21.2 Å². The molecule has 1 amide bonds. The molecule has 0 unspecified atom stereocenters. The number of rotatable bonds is 9. The number of anilines is 1. The Morgan fingerprint density at radius 3 is 2.14 bits per heavy atom. The van der Waals surface area contributed by atoms with Crippen molar-refractivity contribution in [3.8, 4) is 0 Å². The van der Waals surface area contributed by atoms with E-state index in [1.165, 1.54) is 29.8 Å². The van der Waals surface area contributed by atoms with E-state index in [-0.39, 0.29) is 23.4 Å². The molecule has 2 aromatic rings. The molecule has 28 heavy (non-hydrogen) atoms. The molecule has 0 spiro atoms. The van der Waals surface area contributed by atoms with E-state index in [9.17, 15) is 13.2 Å². The van der Waals surface area contributed by atoms with E-state index in [1.807, 2.05) is 0 Å². The van der Waals surface area contributed by atoms with Gasteiger partial charge in [-0.1, -0.05) is 51.5 Å². The maximum absolute atomic E-state index is 12.3. The molecule has 0 aromatic heterocycles. The minimum absolute atomic E-state index is 0.00927. The first-order valence-corrected chi connectivity index (χ1v) is 11.0. The second-order valence-electron chi connectivity index (χ2n) is 7.21. The molecule has 0 bridgehead atoms. The van der Waals surface area contributed by atoms with Crippen LogP contribution in [0.1, 0.15) is 44.4 Å². The maximum Gasteiger partial charge on any atom is 0.238 e. The number of nitrogens with one attached hydrogen (secondary N) is 2. The first-order valence-electron chi connectivity index (χ1n) is 9.45. The van der Waals surface area contributed by atoms with E-state index in [2.05, 4.69) is 55.7 Å². The van der Waals surface area contributed by atoms with Crippen LogP contribution in [0.3, 0.4) is 0 Å². The number of aryl methyl sites for hydroxylation is 1. The summed E-state index contributed by atoms with van der Waals surface area (Å²) in [5, 5.41) is 11.1. The molecule has 0 aliphatic rings. The zero-order valence-electron chi connectivity index (χ0n) is 16.6. The summed E-state index contributed by atoms with van der Waals surface area (Å²) in [7, 11) is -3.74. The second kappa shape index (κ2) is 9.82. The highest BCUT2D eigenvalue weighted by Gasteiger charge is 2.17. The lowest BCUT2D eigenvalue weighted by molar-refractivity contribution is -0.115. The SMILES string of the molecule is CCCc1ccc([C@@H](NCC(=O)Nc2ccc(S(N)(=O)=O)cc2)C(C)C)cc1. The Kier molecular flexibility index (Phi) is 7.74. The molecule has 1 atom stereocenters. The molecule has 2 rings (SSSR count). The van der Waals surface area contributed by atoms with E-state index >= 15 is 0 Å². The van der Waals surface area contributed by atoms with E-state index in [1.54, 1.807) is 0 Å². The molecule has 0 saturated heterocycles. The van der Waals surface area contributed by atoms with Crippen LogP contribution < -0.4 is 15.8 Å². The summed E-state index contributed by atoms with van der Waals surface area (Å²) in [5.74, 6) is 0.121. The van der Waals surface area contributed by atoms with Crippen molar-refractivity contribution >= 4 is 21.6 Å². The van der Waals surface area contributed by atoms with Gasteiger partial charge in [0.25, 0.3) is 0 Å². The first kappa shape index (κ1) is 22.1. The van der Waals surface area contributed by atoms with Gasteiger partial charge in [0.1, 0.15) is 0 Å². The molecular weight excluding hydrogens is 374 g/mol. The molecule has 0 aliphatic heterocycles. The predicted molar refractivity (Wildman–Crippen MR) is 112 cm³/mol. The molecule has 152 valence electrons. The molecule has 0 saturated carbocycles. The Labute approximate surface area is 167 Å². The van der Waals surface area contributed by atoms with Crippen LogP contribution in [0.15, 0.2) is 53.4 Å². The second-order valence-corrected chi connectivity index (χ2v) is 8.77. The van der Waals surface area contributed by atoms with Crippen LogP contribution in [0.4, 0.5) is 5.69 Å². The normalized spacial score (nSPS) is 12.8. The van der Waals surface area contributed by atoms with E-state index in [0.29, 0.717) is 11.6 Å². The van der Waals surface area contributed by atoms with Gasteiger partial charge in [-0.25, -0.2) is 13.6 Å². The average Bonchev–Trinajstić information content (AvgIpc) is 2.63. The summed E-state index contributed by atoms with van der Waals surface area (Å²) in [4.78, 5) is 12.3. The molecule has 0 aliphatic carbocycles. The third-order valence-electron chi connectivity index (χ3n) is 4.49. The number of benzene rings is 2. The number of primary sulfonamides is 1. The summed E-state index contributed by atoms with van der Waals surface area (Å²) in [6.45, 7) is 6.53. The predicted octanol–water partition coefficient (Wildman–Crippen LogP) is 3.21. The van der Waals surface area contributed by atoms with Gasteiger partial charge in [-0.3, -0.25) is 4.79 Å². The van der Waals surface area contributed by atoms with Gasteiger partial charge in [-0.2, -0.15) is 0 Å². The highest BCUT2D eigenvalue weighted by atomic mass is 32.2. The monoisotopic (exact) mass is 403 g/mol. The zero-order chi connectivity index (χ0) is 20.7. The summed E-state index contributed by atoms with van der Waals surface area (Å²) in [5.41, 5.74) is 2.99. The van der Waals surface area contributed by atoms with E-state index in [4.69, 9.17) is 5.14 Å². The Bertz CT molecular complexity index is 876. The van der Waals surface area contributed by atoms with Crippen molar-refractivity contribution in [1.29, 1.82) is 0 Å². The van der Waals surface area contributed by atoms with Crippen LogP contribution >= 0.6 is 0 Å². The largest absolute Gasteiger partial charge is 0.325 e. The Hall–Kier alpha value is -2.22. The van der Waals surface area contributed by atoms with Crippen molar-refractivity contribution in [2.75, 3.05) is 11.9 Å². The number of hydrogen-bond donors (Lipinski definition) is 3. The van der Waals surface area contributed by atoms with Crippen molar-refractivity contribution in [3.63, 3.8) is 0 Å². The van der Waals surface area contributed by atoms with E-state index in [0.717, 1.165) is 18.4 Å². The van der Waals surface area contributed by atoms with Crippen LogP contribution in [0.25, 0.3) is 0 Å². The molecule has 7 heteroatoms. The van der Waals surface area contributed by atoms with Crippen molar-refractivity contribution in [3.05, 3.63) is 59.7 Å². The van der Waals surface area contributed by atoms with Crippen LogP contribution in [0.5, 0.6) is 0 Å². The van der Waals surface area contributed by atoms with Gasteiger partial charge >= 0.3 is 0 Å². The molecule has 4 N–H and O–H groups in total. The van der Waals surface area contributed by atoms with Crippen molar-refractivity contribution in [2.24, 2.45) is 11.1 Å². The third kappa shape index (κ3) is 6.44. The minimum atomic E-state index is -3.74. The molecule has 0 heterocycles. The van der Waals surface area contributed by atoms with Gasteiger partial charge in [0.2, 0.25) is 15.9 Å². The molecule has 0 fully saturated rings. The summed E-state index contributed by atoms with van der Waals surface area (Å²) >= 11 is 0. The summed E-state index contributed by atoms with van der Waals surface area (Å²) in [6.07, 6.45) is 2.18. The van der Waals surface area contributed by atoms with Gasteiger partial charge < -0.3 is 10.6 Å². The molecular formula is C21H29N3O3S. The van der Waals surface area contributed by atoms with Crippen molar-refractivity contribution in [2.45, 2.75) is 44.6 Å². The van der Waals surface area contributed by atoms with Gasteiger partial charge in [0, 0.05) is 11.7 Å². The fourth-order valence-electron chi connectivity index (χ4n) is 3.05. The highest BCUT2D eigenvalue weighted by Crippen LogP contribution is 2.22. The third-order valence-corrected chi connectivity index (χ3v) is 5.42. The lowest BCUT2D eigenvalue weighted by Crippen LogP contribution is -2.33. The van der Waals surface area contributed by atoms with Gasteiger partial charge in [-0.15, -0.1) is 0 Å². The number of carbonyl (C=O) groups excluding carboxylic acids is 1. The topological polar surface area (TPSA) is 101 Å². The van der Waals surface area contributed by atoms with E-state index < -0.39 is 10.0 Å². The lowest BCUT2D eigenvalue weighted by atomic mass is 9.94. The lowest BCUT2D eigenvalue weighted by Gasteiger charge is -2.23. The Balaban J connectivity index is 1.96. The summed E-state index contributed by atoms with van der Waals surface area (Å²) < 4.78 is 22.6. The fraction of sp³-hybridized carbons (Fsp3) is 0.381. The van der Waals surface area contributed by atoms with Gasteiger partial charge in [0.05, 0.1) is 11.4 Å². The molecule has 0 radical (unpaired) electrons. The number of nitrogens with two attached hydrogens (primary N) is 1. The minimum Gasteiger partial charge on any atom is -0.325 e. The maximum atomic E-state index is 12.3. The van der Waals surface area contributed by atoms with Crippen LogP contribution in [0.2, 0.25) is 0 Å². The molecule has 2 aromatic carbocycles. The number of amides is 1. The smallest absolute Gasteiger partial charge is 0.238 e. The Morgan fingerprint density at radius 1 is 1.04 bits per heavy atom. The first-order chi connectivity index (χ1) is 13.2. The standard InChI is InChI=1S/C21H29N3O3S/c1-4-5-16-6-8-17(9-7-16)21(15(2)3)23-14-20(25)24-18-10-12-19(13-11-18)28(22,26)27/h6-13,15,21,23H,4-5,14H2,1-3H3,(H,24,25)(H2,22,26,27)/t21-/m0/s1. The van der Waals surface area contributed by atoms with Crippen molar-refractivity contribution < 1.29 is 13.2 Å². The van der Waals surface area contributed by atoms with Gasteiger partial charge in [0.15, 0.2) is 0 Å². The number of carbonyl (C=O) groups is 1. The van der Waals surface area contributed by atoms with Crippen LogP contribution in [0, 0.1) is 5.92 Å². The quantitative estimate of drug-likeness (QED) is 0.598. The highest BCUT2D eigenvalue weighted by molar-refractivity contribution is 7.89. The summed E-state index contributed by atoms with van der Waals surface area (Å²) in [6, 6.07) is 14.4. The van der Waals surface area contributed by atoms with Gasteiger partial charge in [-0.05, 0) is 47.7 Å². The zero-order valence-corrected chi connectivity index (χ0v) is 17.4. The fourth-order valence-corrected chi connectivity index (χ4v) is 3.57. The number of sulfonamides is 1. The van der Waals surface area contributed by atoms with Crippen molar-refractivity contribution in [1.82, 2.24) is 5.32 Å². The molecule has 6 nitrogen and oxygen atoms in total.